The van der Waals surface area contributed by atoms with Gasteiger partial charge in [-0.1, -0.05) is 54.6 Å². The van der Waals surface area contributed by atoms with Gasteiger partial charge < -0.3 is 0 Å². The number of carbonyl (C=O) groups excluding carboxylic acids is 3. The third-order valence-corrected chi connectivity index (χ3v) is 7.38. The Hall–Kier alpha value is -3.97. The van der Waals surface area contributed by atoms with E-state index in [2.05, 4.69) is 4.98 Å². The van der Waals surface area contributed by atoms with Crippen molar-refractivity contribution in [2.24, 2.45) is 0 Å². The normalized spacial score (nSPS) is 16.8. The van der Waals surface area contributed by atoms with E-state index in [0.29, 0.717) is 16.5 Å². The minimum atomic E-state index is -4.60. The molecule has 0 spiro atoms. The molecule has 6 nitrogen and oxygen atoms in total. The predicted molar refractivity (Wildman–Crippen MR) is 120 cm³/mol. The molecule has 0 aliphatic heterocycles. The SMILES string of the molecule is O=C1C=CC(=O)C(S(=O)(=O)c2nc3ccccc3cc2-c2ccc3ccccc3c2)C1=O. The maximum Gasteiger partial charge on any atom is 0.229 e. The molecule has 1 aromatic heterocycles. The van der Waals surface area contributed by atoms with E-state index in [1.807, 2.05) is 36.4 Å². The van der Waals surface area contributed by atoms with E-state index in [1.54, 1.807) is 36.4 Å². The molecule has 4 aromatic rings. The number of benzene rings is 3. The number of carbonyl (C=O) groups is 3. The number of nitrogens with zero attached hydrogens (tertiary/aromatic N) is 1. The number of hydrogen-bond acceptors (Lipinski definition) is 6. The van der Waals surface area contributed by atoms with Crippen LogP contribution in [0.1, 0.15) is 0 Å². The number of hydrogen-bond donors (Lipinski definition) is 0. The van der Waals surface area contributed by atoms with Crippen molar-refractivity contribution in [2.75, 3.05) is 0 Å². The quantitative estimate of drug-likeness (QED) is 0.357. The molecule has 0 fully saturated rings. The monoisotopic (exact) mass is 441 g/mol. The molecule has 7 heteroatoms. The number of para-hydroxylation sites is 1. The second-order valence-corrected chi connectivity index (χ2v) is 9.43. The Morgan fingerprint density at radius 3 is 2.19 bits per heavy atom. The molecule has 0 radical (unpaired) electrons. The lowest BCUT2D eigenvalue weighted by molar-refractivity contribution is -0.136. The largest absolute Gasteiger partial charge is 0.293 e. The summed E-state index contributed by atoms with van der Waals surface area (Å²) >= 11 is 0. The van der Waals surface area contributed by atoms with Crippen molar-refractivity contribution < 1.29 is 22.8 Å². The average Bonchev–Trinajstić information content (AvgIpc) is 2.80. The van der Waals surface area contributed by atoms with E-state index in [9.17, 15) is 22.8 Å². The molecule has 0 saturated heterocycles. The molecule has 0 N–H and O–H groups in total. The van der Waals surface area contributed by atoms with Gasteiger partial charge in [0.25, 0.3) is 0 Å². The van der Waals surface area contributed by atoms with E-state index in [1.165, 1.54) is 0 Å². The summed E-state index contributed by atoms with van der Waals surface area (Å²) in [5.74, 6) is -3.24. The molecule has 0 bridgehead atoms. The zero-order valence-electron chi connectivity index (χ0n) is 16.6. The summed E-state index contributed by atoms with van der Waals surface area (Å²) in [6, 6.07) is 21.7. The highest BCUT2D eigenvalue weighted by Crippen LogP contribution is 2.34. The Kier molecular flexibility index (Phi) is 4.56. The van der Waals surface area contributed by atoms with Crippen molar-refractivity contribution in [1.29, 1.82) is 0 Å². The number of pyridine rings is 1. The van der Waals surface area contributed by atoms with Gasteiger partial charge in [0.15, 0.2) is 16.1 Å². The Balaban J connectivity index is 1.80. The van der Waals surface area contributed by atoms with Crippen molar-refractivity contribution >= 4 is 48.9 Å². The highest BCUT2D eigenvalue weighted by molar-refractivity contribution is 7.93. The zero-order chi connectivity index (χ0) is 22.5. The molecule has 1 aliphatic carbocycles. The van der Waals surface area contributed by atoms with Gasteiger partial charge in [-0.3, -0.25) is 14.4 Å². The number of fused-ring (bicyclic) bond motifs is 2. The topological polar surface area (TPSA) is 98.2 Å². The summed E-state index contributed by atoms with van der Waals surface area (Å²) in [6.07, 6.45) is 1.64. The fraction of sp³-hybridized carbons (Fsp3) is 0.0400. The van der Waals surface area contributed by atoms with E-state index in [-0.39, 0.29) is 5.56 Å². The number of ketones is 3. The van der Waals surface area contributed by atoms with Crippen LogP contribution in [-0.2, 0) is 24.2 Å². The number of aromatic nitrogens is 1. The van der Waals surface area contributed by atoms with Crippen molar-refractivity contribution in [2.45, 2.75) is 10.3 Å². The average molecular weight is 441 g/mol. The lowest BCUT2D eigenvalue weighted by Crippen LogP contribution is -2.43. The summed E-state index contributed by atoms with van der Waals surface area (Å²) in [7, 11) is -4.60. The minimum Gasteiger partial charge on any atom is -0.293 e. The Morgan fingerprint density at radius 1 is 0.719 bits per heavy atom. The zero-order valence-corrected chi connectivity index (χ0v) is 17.4. The summed E-state index contributed by atoms with van der Waals surface area (Å²) in [4.78, 5) is 41.0. The molecular formula is C25H15NO5S. The van der Waals surface area contributed by atoms with Crippen LogP contribution in [0.15, 0.2) is 90.0 Å². The van der Waals surface area contributed by atoms with E-state index >= 15 is 0 Å². The fourth-order valence-corrected chi connectivity index (χ4v) is 5.58. The fourth-order valence-electron chi connectivity index (χ4n) is 3.87. The minimum absolute atomic E-state index is 0.261. The molecule has 156 valence electrons. The highest BCUT2D eigenvalue weighted by Gasteiger charge is 2.45. The van der Waals surface area contributed by atoms with Gasteiger partial charge in [0.1, 0.15) is 0 Å². The molecule has 3 aromatic carbocycles. The second-order valence-electron chi connectivity index (χ2n) is 7.48. The number of rotatable bonds is 3. The van der Waals surface area contributed by atoms with Crippen molar-refractivity contribution in [3.8, 4) is 11.1 Å². The van der Waals surface area contributed by atoms with Crippen molar-refractivity contribution in [3.05, 3.63) is 84.9 Å². The van der Waals surface area contributed by atoms with Crippen molar-refractivity contribution in [1.82, 2.24) is 4.98 Å². The third kappa shape index (κ3) is 3.14. The van der Waals surface area contributed by atoms with Crippen LogP contribution in [0.2, 0.25) is 0 Å². The summed E-state index contributed by atoms with van der Waals surface area (Å²) in [5, 5.41) is 0.0354. The van der Waals surface area contributed by atoms with Crippen LogP contribution in [0.25, 0.3) is 32.8 Å². The van der Waals surface area contributed by atoms with Crippen LogP contribution in [-0.4, -0.2) is 36.0 Å². The maximum absolute atomic E-state index is 13.6. The molecular weight excluding hydrogens is 426 g/mol. The van der Waals surface area contributed by atoms with Crippen LogP contribution in [0.5, 0.6) is 0 Å². The van der Waals surface area contributed by atoms with Crippen LogP contribution in [0.3, 0.4) is 0 Å². The van der Waals surface area contributed by atoms with Gasteiger partial charge >= 0.3 is 0 Å². The molecule has 32 heavy (non-hydrogen) atoms. The molecule has 0 amide bonds. The van der Waals surface area contributed by atoms with Crippen LogP contribution >= 0.6 is 0 Å². The third-order valence-electron chi connectivity index (χ3n) is 5.47. The lowest BCUT2D eigenvalue weighted by atomic mass is 10.0. The van der Waals surface area contributed by atoms with Gasteiger partial charge in [0.2, 0.25) is 21.4 Å². The van der Waals surface area contributed by atoms with Gasteiger partial charge in [-0.05, 0) is 46.7 Å². The first-order chi connectivity index (χ1) is 15.4. The van der Waals surface area contributed by atoms with Gasteiger partial charge in [-0.15, -0.1) is 0 Å². The first kappa shape index (κ1) is 20.0. The summed E-state index contributed by atoms with van der Waals surface area (Å²) in [6.45, 7) is 0. The van der Waals surface area contributed by atoms with Crippen molar-refractivity contribution in [3.63, 3.8) is 0 Å². The molecule has 0 saturated carbocycles. The van der Waals surface area contributed by atoms with E-state index < -0.39 is 37.5 Å². The van der Waals surface area contributed by atoms with E-state index in [0.717, 1.165) is 22.9 Å². The molecule has 1 unspecified atom stereocenters. The summed E-state index contributed by atoms with van der Waals surface area (Å²) in [5.41, 5.74) is 1.23. The predicted octanol–water partition coefficient (Wildman–Crippen LogP) is 3.47. The number of sulfone groups is 1. The standard InChI is InChI=1S/C25H15NO5S/c27-21-11-12-22(28)24(23(21)29)32(30,31)25-19(14-18-7-3-4-8-20(18)26-25)17-10-9-15-5-1-2-6-16(15)13-17/h1-14,24H. The van der Waals surface area contributed by atoms with Gasteiger partial charge in [0.05, 0.1) is 5.52 Å². The summed E-state index contributed by atoms with van der Waals surface area (Å²) < 4.78 is 27.1. The van der Waals surface area contributed by atoms with Gasteiger partial charge in [-0.2, -0.15) is 0 Å². The first-order valence-electron chi connectivity index (χ1n) is 9.79. The van der Waals surface area contributed by atoms with Crippen LogP contribution < -0.4 is 0 Å². The molecule has 1 atom stereocenters. The van der Waals surface area contributed by atoms with Gasteiger partial charge in [-0.25, -0.2) is 13.4 Å². The molecule has 1 heterocycles. The Bertz CT molecular complexity index is 1600. The number of Topliss-reactive ketones (excluding diaryl/α,β-unsaturated/α-hetero) is 1. The first-order valence-corrected chi connectivity index (χ1v) is 11.3. The lowest BCUT2D eigenvalue weighted by Gasteiger charge is -2.18. The maximum atomic E-state index is 13.6. The molecule has 1 aliphatic rings. The van der Waals surface area contributed by atoms with Gasteiger partial charge in [0, 0.05) is 10.9 Å². The Labute approximate surface area is 183 Å². The number of allylic oxidation sites excluding steroid dienone is 2. The Morgan fingerprint density at radius 2 is 1.41 bits per heavy atom. The van der Waals surface area contributed by atoms with Crippen LogP contribution in [0.4, 0.5) is 0 Å². The van der Waals surface area contributed by atoms with E-state index in [4.69, 9.17) is 0 Å². The second kappa shape index (κ2) is 7.32. The highest BCUT2D eigenvalue weighted by atomic mass is 32.2. The van der Waals surface area contributed by atoms with Crippen LogP contribution in [0, 0.1) is 0 Å². The smallest absolute Gasteiger partial charge is 0.229 e. The molecule has 5 rings (SSSR count).